The van der Waals surface area contributed by atoms with Crippen molar-refractivity contribution < 1.29 is 28.9 Å². The Hall–Kier alpha value is -3.26. The second-order valence-electron chi connectivity index (χ2n) is 6.23. The number of anilines is 1. The Balaban J connectivity index is 1.87. The Morgan fingerprint density at radius 1 is 1.18 bits per heavy atom. The number of hydrogen-bond acceptors (Lipinski definition) is 6. The van der Waals surface area contributed by atoms with E-state index in [1.807, 2.05) is 12.1 Å². The summed E-state index contributed by atoms with van der Waals surface area (Å²) in [5.74, 6) is 0.292. The van der Waals surface area contributed by atoms with Crippen LogP contribution in [0, 0.1) is 0 Å². The van der Waals surface area contributed by atoms with Gasteiger partial charge in [-0.2, -0.15) is 0 Å². The zero-order chi connectivity index (χ0) is 20.1. The Kier molecular flexibility index (Phi) is 6.00. The summed E-state index contributed by atoms with van der Waals surface area (Å²) in [6, 6.07) is 11.3. The molecule has 1 amide bonds. The average Bonchev–Trinajstić information content (AvgIpc) is 2.72. The molecule has 1 heterocycles. The molecule has 1 aliphatic heterocycles. The lowest BCUT2D eigenvalue weighted by Crippen LogP contribution is -2.58. The number of ether oxygens (including phenoxy) is 3. The average molecular weight is 386 g/mol. The first-order valence-electron chi connectivity index (χ1n) is 8.73. The molecule has 28 heavy (non-hydrogen) atoms. The van der Waals surface area contributed by atoms with Crippen LogP contribution in [0.25, 0.3) is 0 Å². The molecule has 0 aromatic heterocycles. The number of para-hydroxylation sites is 2. The van der Waals surface area contributed by atoms with Gasteiger partial charge in [0.15, 0.2) is 0 Å². The predicted octanol–water partition coefficient (Wildman–Crippen LogP) is 1.67. The van der Waals surface area contributed by atoms with Crippen LogP contribution in [0.4, 0.5) is 5.69 Å². The predicted molar refractivity (Wildman–Crippen MR) is 102 cm³/mol. The highest BCUT2D eigenvalue weighted by atomic mass is 16.5. The summed E-state index contributed by atoms with van der Waals surface area (Å²) in [4.78, 5) is 25.3. The van der Waals surface area contributed by atoms with Crippen LogP contribution >= 0.6 is 0 Å². The second-order valence-corrected chi connectivity index (χ2v) is 6.23. The highest BCUT2D eigenvalue weighted by molar-refractivity contribution is 6.02. The summed E-state index contributed by atoms with van der Waals surface area (Å²) in [6.07, 6.45) is 0. The minimum atomic E-state index is -1.08. The van der Waals surface area contributed by atoms with Gasteiger partial charge >= 0.3 is 5.97 Å². The van der Waals surface area contributed by atoms with Crippen molar-refractivity contribution in [3.8, 4) is 17.2 Å². The van der Waals surface area contributed by atoms with Crippen LogP contribution in [0.3, 0.4) is 0 Å². The van der Waals surface area contributed by atoms with Crippen LogP contribution in [0.1, 0.15) is 5.56 Å². The first-order chi connectivity index (χ1) is 13.5. The number of nitrogens with one attached hydrogen (secondary N) is 1. The van der Waals surface area contributed by atoms with Gasteiger partial charge in [-0.25, -0.2) is 4.79 Å². The number of amides is 1. The third-order valence-electron chi connectivity index (χ3n) is 4.41. The number of hydrogen-bond donors (Lipinski definition) is 2. The molecule has 1 fully saturated rings. The fourth-order valence-corrected chi connectivity index (χ4v) is 3.06. The molecular formula is C20H22N2O6. The van der Waals surface area contributed by atoms with E-state index in [1.165, 1.54) is 4.90 Å². The number of carboxylic acid groups (broad SMARTS) is 1. The number of rotatable bonds is 7. The van der Waals surface area contributed by atoms with Crippen LogP contribution in [0.2, 0.25) is 0 Å². The summed E-state index contributed by atoms with van der Waals surface area (Å²) in [7, 11) is 3.13. The minimum Gasteiger partial charge on any atom is -0.497 e. The van der Waals surface area contributed by atoms with E-state index >= 15 is 0 Å². The highest BCUT2D eigenvalue weighted by Gasteiger charge is 2.35. The van der Waals surface area contributed by atoms with Gasteiger partial charge in [0.2, 0.25) is 5.91 Å². The van der Waals surface area contributed by atoms with Crippen molar-refractivity contribution in [3.63, 3.8) is 0 Å². The molecule has 148 valence electrons. The lowest BCUT2D eigenvalue weighted by Gasteiger charge is -2.34. The summed E-state index contributed by atoms with van der Waals surface area (Å²) in [5.41, 5.74) is 1.24. The van der Waals surface area contributed by atoms with Crippen LogP contribution in [-0.4, -0.2) is 50.3 Å². The van der Waals surface area contributed by atoms with Crippen molar-refractivity contribution in [1.82, 2.24) is 5.32 Å². The molecule has 2 aromatic carbocycles. The van der Waals surface area contributed by atoms with Crippen molar-refractivity contribution in [2.45, 2.75) is 12.6 Å². The standard InChI is InChI=1S/C20H22N2O6/c1-26-14-7-13(8-15(9-14)27-2)12-28-18-6-4-3-5-16(18)22-17(20(24)25)10-21-11-19(22)23/h3-9,17,21H,10-12H2,1-2H3,(H,24,25). The topological polar surface area (TPSA) is 97.3 Å². The van der Waals surface area contributed by atoms with E-state index in [1.54, 1.807) is 44.6 Å². The van der Waals surface area contributed by atoms with Crippen molar-refractivity contribution in [1.29, 1.82) is 0 Å². The van der Waals surface area contributed by atoms with E-state index in [-0.39, 0.29) is 25.6 Å². The molecule has 0 aliphatic carbocycles. The Morgan fingerprint density at radius 2 is 1.86 bits per heavy atom. The van der Waals surface area contributed by atoms with Gasteiger partial charge < -0.3 is 24.6 Å². The molecular weight excluding hydrogens is 364 g/mol. The van der Waals surface area contributed by atoms with Gasteiger partial charge in [-0.15, -0.1) is 0 Å². The fourth-order valence-electron chi connectivity index (χ4n) is 3.06. The Labute approximate surface area is 162 Å². The Morgan fingerprint density at radius 3 is 2.50 bits per heavy atom. The van der Waals surface area contributed by atoms with Gasteiger partial charge in [0.25, 0.3) is 0 Å². The third-order valence-corrected chi connectivity index (χ3v) is 4.41. The second kappa shape index (κ2) is 8.62. The summed E-state index contributed by atoms with van der Waals surface area (Å²) >= 11 is 0. The molecule has 1 aliphatic rings. The molecule has 0 saturated carbocycles. The van der Waals surface area contributed by atoms with Gasteiger partial charge in [0.05, 0.1) is 26.5 Å². The van der Waals surface area contributed by atoms with E-state index in [0.717, 1.165) is 5.56 Å². The van der Waals surface area contributed by atoms with Crippen molar-refractivity contribution in [2.24, 2.45) is 0 Å². The van der Waals surface area contributed by atoms with E-state index in [2.05, 4.69) is 5.32 Å². The van der Waals surface area contributed by atoms with E-state index < -0.39 is 12.0 Å². The molecule has 3 rings (SSSR count). The van der Waals surface area contributed by atoms with E-state index in [9.17, 15) is 14.7 Å². The number of nitrogens with zero attached hydrogens (tertiary/aromatic N) is 1. The lowest BCUT2D eigenvalue weighted by atomic mass is 10.1. The normalized spacial score (nSPS) is 16.6. The Bertz CT molecular complexity index is 847. The number of piperazine rings is 1. The van der Waals surface area contributed by atoms with Gasteiger partial charge in [0.1, 0.15) is 29.9 Å². The highest BCUT2D eigenvalue weighted by Crippen LogP contribution is 2.32. The van der Waals surface area contributed by atoms with Crippen LogP contribution in [0.15, 0.2) is 42.5 Å². The van der Waals surface area contributed by atoms with Crippen molar-refractivity contribution in [2.75, 3.05) is 32.2 Å². The number of benzene rings is 2. The number of aliphatic carboxylic acids is 1. The number of carboxylic acids is 1. The molecule has 0 bridgehead atoms. The molecule has 0 spiro atoms. The number of carbonyl (C=O) groups is 2. The first-order valence-corrected chi connectivity index (χ1v) is 8.73. The molecule has 2 N–H and O–H groups in total. The van der Waals surface area contributed by atoms with Crippen LogP contribution < -0.4 is 24.4 Å². The molecule has 8 nitrogen and oxygen atoms in total. The maximum Gasteiger partial charge on any atom is 0.328 e. The maximum absolute atomic E-state index is 12.4. The molecule has 2 aromatic rings. The van der Waals surface area contributed by atoms with Gasteiger partial charge in [-0.05, 0) is 29.8 Å². The largest absolute Gasteiger partial charge is 0.497 e. The molecule has 0 radical (unpaired) electrons. The van der Waals surface area contributed by atoms with Crippen molar-refractivity contribution >= 4 is 17.6 Å². The van der Waals surface area contributed by atoms with Crippen LogP contribution in [-0.2, 0) is 16.2 Å². The summed E-state index contributed by atoms with van der Waals surface area (Å²) < 4.78 is 16.5. The molecule has 1 saturated heterocycles. The quantitative estimate of drug-likeness (QED) is 0.747. The van der Waals surface area contributed by atoms with Gasteiger partial charge in [0, 0.05) is 12.6 Å². The van der Waals surface area contributed by atoms with Gasteiger partial charge in [-0.3, -0.25) is 9.69 Å². The smallest absolute Gasteiger partial charge is 0.328 e. The molecule has 1 atom stereocenters. The third kappa shape index (κ3) is 4.17. The van der Waals surface area contributed by atoms with Crippen LogP contribution in [0.5, 0.6) is 17.2 Å². The molecule has 8 heteroatoms. The summed E-state index contributed by atoms with van der Waals surface area (Å²) in [6.45, 7) is 0.441. The van der Waals surface area contributed by atoms with Gasteiger partial charge in [-0.1, -0.05) is 12.1 Å². The van der Waals surface area contributed by atoms with E-state index in [0.29, 0.717) is 22.9 Å². The number of carbonyl (C=O) groups excluding carboxylic acids is 1. The monoisotopic (exact) mass is 386 g/mol. The summed E-state index contributed by atoms with van der Waals surface area (Å²) in [5, 5.41) is 12.3. The fraction of sp³-hybridized carbons (Fsp3) is 0.300. The zero-order valence-electron chi connectivity index (χ0n) is 15.7. The van der Waals surface area contributed by atoms with Crippen molar-refractivity contribution in [3.05, 3.63) is 48.0 Å². The van der Waals surface area contributed by atoms with E-state index in [4.69, 9.17) is 14.2 Å². The maximum atomic E-state index is 12.4. The SMILES string of the molecule is COc1cc(COc2ccccc2N2C(=O)CNCC2C(=O)O)cc(OC)c1. The molecule has 1 unspecified atom stereocenters. The lowest BCUT2D eigenvalue weighted by molar-refractivity contribution is -0.140. The minimum absolute atomic E-state index is 0.0746. The first kappa shape index (κ1) is 19.5. The zero-order valence-corrected chi connectivity index (χ0v) is 15.7. The number of methoxy groups -OCH3 is 2.